The molecule has 2 aromatic heterocycles. The van der Waals surface area contributed by atoms with Gasteiger partial charge in [0.15, 0.2) is 11.5 Å². The third kappa shape index (κ3) is 1.79. The molecule has 4 nitrogen and oxygen atoms in total. The molecule has 2 aromatic rings. The van der Waals surface area contributed by atoms with E-state index in [1.165, 1.54) is 22.7 Å². The van der Waals surface area contributed by atoms with Crippen LogP contribution in [0.1, 0.15) is 9.67 Å². The van der Waals surface area contributed by atoms with E-state index in [-0.39, 0.29) is 0 Å². The second-order valence-electron chi connectivity index (χ2n) is 3.42. The molecule has 0 fully saturated rings. The minimum absolute atomic E-state index is 0.332. The number of carboxylic acids is 1. The van der Waals surface area contributed by atoms with Gasteiger partial charge in [-0.05, 0) is 12.1 Å². The van der Waals surface area contributed by atoms with E-state index >= 15 is 0 Å². The molecule has 17 heavy (non-hydrogen) atoms. The van der Waals surface area contributed by atoms with Gasteiger partial charge in [0.1, 0.15) is 18.1 Å². The zero-order chi connectivity index (χ0) is 11.8. The van der Waals surface area contributed by atoms with Gasteiger partial charge in [0.05, 0.1) is 4.88 Å². The van der Waals surface area contributed by atoms with Crippen molar-refractivity contribution < 1.29 is 19.4 Å². The van der Waals surface area contributed by atoms with Crippen LogP contribution in [0.3, 0.4) is 0 Å². The predicted octanol–water partition coefficient (Wildman–Crippen LogP) is 2.95. The van der Waals surface area contributed by atoms with Crippen LogP contribution in [0, 0.1) is 0 Å². The average Bonchev–Trinajstić information content (AvgIpc) is 2.95. The monoisotopic (exact) mass is 268 g/mol. The third-order valence-corrected chi connectivity index (χ3v) is 4.53. The van der Waals surface area contributed by atoms with Crippen molar-refractivity contribution in [3.8, 4) is 21.3 Å². The molecule has 1 N–H and O–H groups in total. The molecule has 0 saturated carbocycles. The Morgan fingerprint density at radius 1 is 1.29 bits per heavy atom. The van der Waals surface area contributed by atoms with Gasteiger partial charge in [-0.1, -0.05) is 0 Å². The first-order chi connectivity index (χ1) is 8.25. The van der Waals surface area contributed by atoms with E-state index in [9.17, 15) is 4.79 Å². The summed E-state index contributed by atoms with van der Waals surface area (Å²) >= 11 is 2.76. The van der Waals surface area contributed by atoms with Gasteiger partial charge in [0.2, 0.25) is 0 Å². The predicted molar refractivity (Wildman–Crippen MR) is 65.6 cm³/mol. The van der Waals surface area contributed by atoms with Crippen LogP contribution in [-0.4, -0.2) is 24.3 Å². The van der Waals surface area contributed by atoms with Crippen LogP contribution >= 0.6 is 22.7 Å². The lowest BCUT2D eigenvalue weighted by Gasteiger charge is -2.15. The Bertz CT molecular complexity index is 570. The molecule has 0 amide bonds. The molecule has 88 valence electrons. The highest BCUT2D eigenvalue weighted by molar-refractivity contribution is 7.22. The van der Waals surface area contributed by atoms with Crippen molar-refractivity contribution >= 4 is 28.6 Å². The maximum atomic E-state index is 10.8. The van der Waals surface area contributed by atoms with Crippen molar-refractivity contribution in [1.82, 2.24) is 0 Å². The van der Waals surface area contributed by atoms with E-state index in [2.05, 4.69) is 0 Å². The van der Waals surface area contributed by atoms with E-state index in [0.717, 1.165) is 21.3 Å². The fourth-order valence-corrected chi connectivity index (χ4v) is 3.51. The summed E-state index contributed by atoms with van der Waals surface area (Å²) in [6.07, 6.45) is 0. The van der Waals surface area contributed by atoms with Gasteiger partial charge in [-0.15, -0.1) is 22.7 Å². The summed E-state index contributed by atoms with van der Waals surface area (Å²) in [5.74, 6) is 0.588. The molecular formula is C11H8O4S2. The molecular weight excluding hydrogens is 260 g/mol. The number of fused-ring (bicyclic) bond motifs is 1. The lowest BCUT2D eigenvalue weighted by Crippen LogP contribution is -2.14. The average molecular weight is 268 g/mol. The molecule has 0 aliphatic carbocycles. The van der Waals surface area contributed by atoms with Crippen molar-refractivity contribution in [2.75, 3.05) is 13.2 Å². The second kappa shape index (κ2) is 4.05. The zero-order valence-corrected chi connectivity index (χ0v) is 10.3. The molecule has 0 saturated heterocycles. The number of carbonyl (C=O) groups is 1. The normalized spacial score (nSPS) is 13.6. The molecule has 1 aliphatic rings. The topological polar surface area (TPSA) is 55.8 Å². The van der Waals surface area contributed by atoms with Gasteiger partial charge >= 0.3 is 5.97 Å². The van der Waals surface area contributed by atoms with Gasteiger partial charge in [-0.25, -0.2) is 4.79 Å². The molecule has 0 unspecified atom stereocenters. The molecule has 3 heterocycles. The first-order valence-electron chi connectivity index (χ1n) is 4.96. The van der Waals surface area contributed by atoms with Crippen LogP contribution in [0.2, 0.25) is 0 Å². The van der Waals surface area contributed by atoms with Gasteiger partial charge < -0.3 is 14.6 Å². The summed E-state index contributed by atoms with van der Waals surface area (Å²) in [6.45, 7) is 1.10. The highest BCUT2D eigenvalue weighted by atomic mass is 32.1. The molecule has 0 spiro atoms. The SMILES string of the molecule is O=C(O)c1ccc(-c2scc3c2OCCO3)s1. The van der Waals surface area contributed by atoms with Crippen molar-refractivity contribution in [2.24, 2.45) is 0 Å². The minimum Gasteiger partial charge on any atom is -0.485 e. The molecule has 0 atom stereocenters. The summed E-state index contributed by atoms with van der Waals surface area (Å²) in [6, 6.07) is 3.41. The van der Waals surface area contributed by atoms with E-state index < -0.39 is 5.97 Å². The summed E-state index contributed by atoms with van der Waals surface area (Å²) in [4.78, 5) is 13.0. The van der Waals surface area contributed by atoms with Crippen LogP contribution in [0.25, 0.3) is 9.75 Å². The van der Waals surface area contributed by atoms with Crippen LogP contribution in [0.4, 0.5) is 0 Å². The number of thiophene rings is 2. The lowest BCUT2D eigenvalue weighted by atomic mass is 10.3. The number of ether oxygens (including phenoxy) is 2. The van der Waals surface area contributed by atoms with E-state index in [1.54, 1.807) is 12.1 Å². The summed E-state index contributed by atoms with van der Waals surface area (Å²) in [5, 5.41) is 10.8. The standard InChI is InChI=1S/C11H8O4S2/c12-11(13)8-2-1-7(17-8)10-9-6(5-16-10)14-3-4-15-9/h1-2,5H,3-4H2,(H,12,13). The number of carboxylic acid groups (broad SMARTS) is 1. The van der Waals surface area contributed by atoms with Crippen LogP contribution in [-0.2, 0) is 0 Å². The Morgan fingerprint density at radius 3 is 2.88 bits per heavy atom. The first kappa shape index (κ1) is 10.6. The quantitative estimate of drug-likeness (QED) is 0.909. The number of rotatable bonds is 2. The number of aromatic carboxylic acids is 1. The van der Waals surface area contributed by atoms with Crippen LogP contribution < -0.4 is 9.47 Å². The van der Waals surface area contributed by atoms with Gasteiger partial charge in [-0.3, -0.25) is 0 Å². The Labute approximate surface area is 105 Å². The first-order valence-corrected chi connectivity index (χ1v) is 6.66. The summed E-state index contributed by atoms with van der Waals surface area (Å²) in [7, 11) is 0. The zero-order valence-electron chi connectivity index (χ0n) is 8.63. The highest BCUT2D eigenvalue weighted by Crippen LogP contribution is 2.47. The van der Waals surface area contributed by atoms with Gasteiger partial charge in [-0.2, -0.15) is 0 Å². The molecule has 3 rings (SSSR count). The largest absolute Gasteiger partial charge is 0.485 e. The Morgan fingerprint density at radius 2 is 2.12 bits per heavy atom. The molecule has 0 bridgehead atoms. The number of hydrogen-bond donors (Lipinski definition) is 1. The molecule has 0 radical (unpaired) electrons. The van der Waals surface area contributed by atoms with Crippen molar-refractivity contribution in [3.05, 3.63) is 22.4 Å². The van der Waals surface area contributed by atoms with Crippen LogP contribution in [0.15, 0.2) is 17.5 Å². The number of hydrogen-bond acceptors (Lipinski definition) is 5. The maximum absolute atomic E-state index is 10.8. The van der Waals surface area contributed by atoms with Crippen molar-refractivity contribution in [1.29, 1.82) is 0 Å². The van der Waals surface area contributed by atoms with Crippen molar-refractivity contribution in [2.45, 2.75) is 0 Å². The highest BCUT2D eigenvalue weighted by Gasteiger charge is 2.21. The van der Waals surface area contributed by atoms with Gasteiger partial charge in [0, 0.05) is 10.3 Å². The Kier molecular flexibility index (Phi) is 2.53. The summed E-state index contributed by atoms with van der Waals surface area (Å²) < 4.78 is 11.0. The lowest BCUT2D eigenvalue weighted by molar-refractivity contribution is 0.0702. The third-order valence-electron chi connectivity index (χ3n) is 2.34. The van der Waals surface area contributed by atoms with E-state index in [4.69, 9.17) is 14.6 Å². The van der Waals surface area contributed by atoms with Crippen LogP contribution in [0.5, 0.6) is 11.5 Å². The Balaban J connectivity index is 2.03. The molecule has 0 aromatic carbocycles. The maximum Gasteiger partial charge on any atom is 0.345 e. The fourth-order valence-electron chi connectivity index (χ4n) is 1.61. The smallest absolute Gasteiger partial charge is 0.345 e. The Hall–Kier alpha value is -1.53. The van der Waals surface area contributed by atoms with Gasteiger partial charge in [0.25, 0.3) is 0 Å². The van der Waals surface area contributed by atoms with Crippen molar-refractivity contribution in [3.63, 3.8) is 0 Å². The van der Waals surface area contributed by atoms with E-state index in [1.807, 2.05) is 5.38 Å². The summed E-state index contributed by atoms with van der Waals surface area (Å²) in [5.41, 5.74) is 0. The van der Waals surface area contributed by atoms with E-state index in [0.29, 0.717) is 18.1 Å². The fraction of sp³-hybridized carbons (Fsp3) is 0.182. The molecule has 1 aliphatic heterocycles. The minimum atomic E-state index is -0.899. The molecule has 6 heteroatoms. The second-order valence-corrected chi connectivity index (χ2v) is 5.39.